The third-order valence-electron chi connectivity index (χ3n) is 9.17. The van der Waals surface area contributed by atoms with Gasteiger partial charge < -0.3 is 24.8 Å². The molecule has 0 aliphatic heterocycles. The molecule has 7 rings (SSSR count). The van der Waals surface area contributed by atoms with Gasteiger partial charge in [-0.2, -0.15) is 28.8 Å². The predicted octanol–water partition coefficient (Wildman–Crippen LogP) is 4.85. The number of rotatable bonds is 1. The van der Waals surface area contributed by atoms with Gasteiger partial charge in [-0.15, -0.1) is 11.6 Å². The quantitative estimate of drug-likeness (QED) is 0.218. The molecule has 0 nitrogen and oxygen atoms in total. The van der Waals surface area contributed by atoms with Gasteiger partial charge in [-0.3, -0.25) is 6.08 Å². The molecule has 3 aliphatic rings. The van der Waals surface area contributed by atoms with E-state index in [4.69, 9.17) is 0 Å². The van der Waals surface area contributed by atoms with Crippen LogP contribution in [0.2, 0.25) is 0 Å². The van der Waals surface area contributed by atoms with Gasteiger partial charge in [0.25, 0.3) is 0 Å². The van der Waals surface area contributed by atoms with Crippen molar-refractivity contribution in [1.82, 2.24) is 0 Å². The van der Waals surface area contributed by atoms with Crippen molar-refractivity contribution in [3.8, 4) is 11.1 Å². The Balaban J connectivity index is 0.000000229. The van der Waals surface area contributed by atoms with Crippen LogP contribution in [0.25, 0.3) is 22.3 Å². The molecule has 0 aromatic heterocycles. The standard InChI is InChI=1S/C25H25.C10H15.C7H6.2ClH.Zr/c1-14-12-24(3,4)22-8-16-7-17-9-23-19(15(2)13-25(23,5)6)11-21(17)20(16)10-18(14)22;1-8-5-6-9(7-8)10(2,3)4;1-7-5-3-2-4-6-7;;;/h8-12H,7H2,1-6H3;5-7H,1-4H3;1-6H;2*1H;/q2*-1;;;;+2/p-2. The van der Waals surface area contributed by atoms with E-state index < -0.39 is 0 Å². The average Bonchev–Trinajstić information content (AvgIpc) is 3.65. The van der Waals surface area contributed by atoms with Crippen molar-refractivity contribution in [3.05, 3.63) is 135 Å². The van der Waals surface area contributed by atoms with Gasteiger partial charge in [0.15, 0.2) is 0 Å². The van der Waals surface area contributed by atoms with Crippen LogP contribution in [0.15, 0.2) is 78.9 Å². The molecule has 45 heavy (non-hydrogen) atoms. The second-order valence-electron chi connectivity index (χ2n) is 14.7. The molecule has 0 saturated carbocycles. The Hall–Kier alpha value is -2.18. The van der Waals surface area contributed by atoms with Crippen LogP contribution >= 0.6 is 0 Å². The summed E-state index contributed by atoms with van der Waals surface area (Å²) in [5.41, 5.74) is 19.0. The summed E-state index contributed by atoms with van der Waals surface area (Å²) in [6.45, 7) is 22.5. The summed E-state index contributed by atoms with van der Waals surface area (Å²) in [5, 5.41) is 0. The van der Waals surface area contributed by atoms with E-state index in [1.54, 1.807) is 0 Å². The van der Waals surface area contributed by atoms with E-state index in [0.29, 0.717) is 5.41 Å². The molecule has 234 valence electrons. The topological polar surface area (TPSA) is 0 Å². The Labute approximate surface area is 300 Å². The summed E-state index contributed by atoms with van der Waals surface area (Å²) in [4.78, 5) is 0. The van der Waals surface area contributed by atoms with E-state index in [9.17, 15) is 0 Å². The van der Waals surface area contributed by atoms with Crippen molar-refractivity contribution in [2.45, 2.75) is 91.9 Å². The number of hydrogen-bond donors (Lipinski definition) is 0. The molecule has 0 bridgehead atoms. The SMILES string of the molecule is CC1=[C-]C(C)(C)c2cc3c(cc21)-c1cc2c(cc1C3)C(C)(C)C=C2C.Cc1cc(C(C)(C)C)c[cH-]1.[Cl-].[Cl-].[Zr+2]=[CH]c1ccccc1. The first-order chi connectivity index (χ1) is 20.1. The van der Waals surface area contributed by atoms with Crippen LogP contribution in [0.4, 0.5) is 0 Å². The zero-order chi connectivity index (χ0) is 31.3. The van der Waals surface area contributed by atoms with Crippen LogP contribution < -0.4 is 24.8 Å². The molecule has 0 radical (unpaired) electrons. The molecule has 4 aromatic carbocycles. The zero-order valence-corrected chi connectivity index (χ0v) is 32.5. The molecule has 0 N–H and O–H groups in total. The predicted molar refractivity (Wildman–Crippen MR) is 184 cm³/mol. The van der Waals surface area contributed by atoms with Gasteiger partial charge in [0.1, 0.15) is 0 Å². The first-order valence-electron chi connectivity index (χ1n) is 15.6. The van der Waals surface area contributed by atoms with Crippen LogP contribution in [0.5, 0.6) is 0 Å². The third kappa shape index (κ3) is 7.70. The molecular formula is C42H46Cl2Zr-2. The van der Waals surface area contributed by atoms with Gasteiger partial charge in [-0.25, -0.2) is 11.6 Å². The van der Waals surface area contributed by atoms with E-state index in [0.717, 1.165) is 6.42 Å². The van der Waals surface area contributed by atoms with E-state index in [1.807, 2.05) is 6.07 Å². The molecule has 4 aromatic rings. The van der Waals surface area contributed by atoms with Gasteiger partial charge in [-0.1, -0.05) is 91.4 Å². The van der Waals surface area contributed by atoms with Crippen molar-refractivity contribution in [2.24, 2.45) is 0 Å². The summed E-state index contributed by atoms with van der Waals surface area (Å²) in [6, 6.07) is 26.8. The van der Waals surface area contributed by atoms with Crippen LogP contribution in [0.1, 0.15) is 112 Å². The Morgan fingerprint density at radius 1 is 0.778 bits per heavy atom. The Kier molecular flexibility index (Phi) is 11.5. The van der Waals surface area contributed by atoms with Crippen LogP contribution in [0, 0.1) is 13.0 Å². The van der Waals surface area contributed by atoms with Crippen molar-refractivity contribution in [2.75, 3.05) is 0 Å². The van der Waals surface area contributed by atoms with Crippen molar-refractivity contribution < 1.29 is 49.0 Å². The van der Waals surface area contributed by atoms with E-state index in [-0.39, 0.29) is 35.6 Å². The molecule has 0 saturated heterocycles. The normalized spacial score (nSPS) is 15.6. The molecule has 0 spiro atoms. The first kappa shape index (κ1) is 37.3. The van der Waals surface area contributed by atoms with Crippen LogP contribution in [-0.4, -0.2) is 3.71 Å². The number of allylic oxidation sites excluding steroid dienone is 4. The second-order valence-corrected chi connectivity index (χ2v) is 15.4. The Morgan fingerprint density at radius 2 is 1.36 bits per heavy atom. The summed E-state index contributed by atoms with van der Waals surface area (Å²) in [6.07, 6.45) is 7.13. The monoisotopic (exact) mass is 710 g/mol. The molecule has 0 fully saturated rings. The van der Waals surface area contributed by atoms with Crippen molar-refractivity contribution in [3.63, 3.8) is 0 Å². The minimum atomic E-state index is 0. The number of halogens is 2. The maximum absolute atomic E-state index is 3.65. The van der Waals surface area contributed by atoms with Gasteiger partial charge >= 0.3 is 63.8 Å². The first-order valence-corrected chi connectivity index (χ1v) is 17.0. The maximum atomic E-state index is 3.65. The van der Waals surface area contributed by atoms with Crippen molar-refractivity contribution in [1.29, 1.82) is 0 Å². The fourth-order valence-corrected chi connectivity index (χ4v) is 7.33. The molecule has 0 atom stereocenters. The summed E-state index contributed by atoms with van der Waals surface area (Å²) in [5.74, 6) is 0. The molecule has 0 unspecified atom stereocenters. The van der Waals surface area contributed by atoms with Gasteiger partial charge in [0.2, 0.25) is 0 Å². The van der Waals surface area contributed by atoms with E-state index >= 15 is 0 Å². The fourth-order valence-electron chi connectivity index (χ4n) is 6.85. The Morgan fingerprint density at radius 3 is 1.84 bits per heavy atom. The summed E-state index contributed by atoms with van der Waals surface area (Å²) < 4.78 is 2.17. The van der Waals surface area contributed by atoms with Crippen LogP contribution in [-0.2, 0) is 46.9 Å². The number of benzene rings is 3. The Bertz CT molecular complexity index is 1670. The van der Waals surface area contributed by atoms with E-state index in [1.165, 1.54) is 96.6 Å². The summed E-state index contributed by atoms with van der Waals surface area (Å²) >= 11 is 1.46. The van der Waals surface area contributed by atoms with Crippen molar-refractivity contribution >= 4 is 14.9 Å². The van der Waals surface area contributed by atoms with Crippen LogP contribution in [0.3, 0.4) is 0 Å². The molecular weight excluding hydrogens is 667 g/mol. The molecule has 0 amide bonds. The minimum absolute atomic E-state index is 0. The molecule has 3 aliphatic carbocycles. The average molecular weight is 713 g/mol. The fraction of sp³-hybridized carbons (Fsp3) is 0.333. The number of hydrogen-bond acceptors (Lipinski definition) is 0. The molecule has 3 heteroatoms. The van der Waals surface area contributed by atoms with E-state index in [2.05, 4.69) is 152 Å². The van der Waals surface area contributed by atoms with Gasteiger partial charge in [-0.05, 0) is 58.4 Å². The second kappa shape index (κ2) is 13.9. The number of fused-ring (bicyclic) bond motifs is 5. The zero-order valence-electron chi connectivity index (χ0n) is 28.5. The summed E-state index contributed by atoms with van der Waals surface area (Å²) in [7, 11) is 0. The molecule has 0 heterocycles. The number of aryl methyl sites for hydroxylation is 1. The third-order valence-corrected chi connectivity index (χ3v) is 9.99. The van der Waals surface area contributed by atoms with Gasteiger partial charge in [0, 0.05) is 5.41 Å². The van der Waals surface area contributed by atoms with Gasteiger partial charge in [0.05, 0.1) is 0 Å².